The van der Waals surface area contributed by atoms with Crippen molar-refractivity contribution in [2.24, 2.45) is 11.8 Å². The van der Waals surface area contributed by atoms with Crippen molar-refractivity contribution in [3.8, 4) is 0 Å². The Morgan fingerprint density at radius 3 is 3.11 bits per heavy atom. The average molecular weight is 251 g/mol. The minimum atomic E-state index is -0.980. The number of hydrogen-bond donors (Lipinski definition) is 3. The van der Waals surface area contributed by atoms with E-state index in [-0.39, 0.29) is 5.41 Å². The van der Waals surface area contributed by atoms with Gasteiger partial charge in [0.25, 0.3) is 0 Å². The van der Waals surface area contributed by atoms with Gasteiger partial charge in [-0.15, -0.1) is 0 Å². The van der Waals surface area contributed by atoms with Crippen LogP contribution in [0.1, 0.15) is 17.9 Å². The second-order valence-corrected chi connectivity index (χ2v) is 5.23. The normalized spacial score (nSPS) is 33.8. The van der Waals surface area contributed by atoms with Gasteiger partial charge in [0.05, 0.1) is 5.69 Å². The van der Waals surface area contributed by atoms with Gasteiger partial charge >= 0.3 is 6.09 Å². The molecular weight excluding hydrogens is 234 g/mol. The van der Waals surface area contributed by atoms with E-state index in [0.29, 0.717) is 18.4 Å². The van der Waals surface area contributed by atoms with E-state index < -0.39 is 6.09 Å². The minimum Gasteiger partial charge on any atom is -0.465 e. The third-order valence-electron chi connectivity index (χ3n) is 4.33. The molecule has 3 rings (SSSR count). The number of hydrogen-bond acceptors (Lipinski definition) is 4. The molecule has 0 radical (unpaired) electrons. The lowest BCUT2D eigenvalue weighted by Gasteiger charge is -2.14. The largest absolute Gasteiger partial charge is 0.465 e. The molecule has 1 amide bonds. The topological polar surface area (TPSA) is 87.4 Å². The molecule has 1 saturated carbocycles. The molecule has 0 bridgehead atoms. The summed E-state index contributed by atoms with van der Waals surface area (Å²) in [7, 11) is 0. The quantitative estimate of drug-likeness (QED) is 0.737. The van der Waals surface area contributed by atoms with E-state index in [0.717, 1.165) is 31.0 Å². The summed E-state index contributed by atoms with van der Waals surface area (Å²) in [5.41, 5.74) is 0.729. The zero-order valence-corrected chi connectivity index (χ0v) is 10.3. The highest BCUT2D eigenvalue weighted by atomic mass is 16.5. The van der Waals surface area contributed by atoms with Crippen molar-refractivity contribution in [2.45, 2.75) is 18.8 Å². The fraction of sp³-hybridized carbons (Fsp3) is 0.667. The van der Waals surface area contributed by atoms with E-state index in [4.69, 9.17) is 9.63 Å². The molecule has 1 aliphatic carbocycles. The number of carboxylic acid groups (broad SMARTS) is 1. The predicted octanol–water partition coefficient (Wildman–Crippen LogP) is 0.728. The molecule has 1 aromatic heterocycles. The molecule has 1 aromatic rings. The second kappa shape index (κ2) is 3.98. The van der Waals surface area contributed by atoms with Crippen molar-refractivity contribution in [3.63, 3.8) is 0 Å². The zero-order chi connectivity index (χ0) is 12.8. The highest BCUT2D eigenvalue weighted by Crippen LogP contribution is 2.61. The summed E-state index contributed by atoms with van der Waals surface area (Å²) < 4.78 is 5.16. The lowest BCUT2D eigenvalue weighted by molar-refractivity contribution is 0.192. The van der Waals surface area contributed by atoms with Crippen molar-refractivity contribution in [1.29, 1.82) is 0 Å². The molecule has 3 atom stereocenters. The van der Waals surface area contributed by atoms with Gasteiger partial charge in [-0.1, -0.05) is 5.16 Å². The minimum absolute atomic E-state index is 0.167. The first-order valence-corrected chi connectivity index (χ1v) is 6.26. The van der Waals surface area contributed by atoms with Gasteiger partial charge in [-0.3, -0.25) is 0 Å². The fourth-order valence-corrected chi connectivity index (χ4v) is 3.44. The summed E-state index contributed by atoms with van der Waals surface area (Å²) in [6, 6.07) is 1.93. The Balaban J connectivity index is 1.87. The zero-order valence-electron chi connectivity index (χ0n) is 10.3. The molecule has 2 aliphatic rings. The van der Waals surface area contributed by atoms with Crippen LogP contribution in [0.25, 0.3) is 0 Å². The number of rotatable bonds is 3. The second-order valence-electron chi connectivity index (χ2n) is 5.23. The summed E-state index contributed by atoms with van der Waals surface area (Å²) in [4.78, 5) is 10.7. The van der Waals surface area contributed by atoms with E-state index in [1.165, 1.54) is 0 Å². The van der Waals surface area contributed by atoms with Crippen molar-refractivity contribution in [3.05, 3.63) is 17.5 Å². The van der Waals surface area contributed by atoms with Gasteiger partial charge in [0.2, 0.25) is 0 Å². The van der Waals surface area contributed by atoms with E-state index >= 15 is 0 Å². The maximum Gasteiger partial charge on any atom is 0.404 e. The van der Waals surface area contributed by atoms with Crippen LogP contribution in [0, 0.1) is 18.8 Å². The van der Waals surface area contributed by atoms with Crippen LogP contribution in [0.5, 0.6) is 0 Å². The molecule has 0 aromatic carbocycles. The Bertz CT molecular complexity index is 459. The van der Waals surface area contributed by atoms with Gasteiger partial charge < -0.3 is 20.3 Å². The Morgan fingerprint density at radius 1 is 1.72 bits per heavy atom. The smallest absolute Gasteiger partial charge is 0.404 e. The van der Waals surface area contributed by atoms with Crippen molar-refractivity contribution >= 4 is 6.09 Å². The Morgan fingerprint density at radius 2 is 2.56 bits per heavy atom. The number of amides is 1. The fourth-order valence-electron chi connectivity index (χ4n) is 3.44. The first-order valence-electron chi connectivity index (χ1n) is 6.26. The summed E-state index contributed by atoms with van der Waals surface area (Å²) >= 11 is 0. The van der Waals surface area contributed by atoms with Crippen LogP contribution in [-0.2, 0) is 5.41 Å². The standard InChI is InChI=1S/C12H17N3O3/c1-7-4-10(15-18-7)12(6-14-11(16)17)8-2-3-13-5-9(8)12/h4,8-9,13-14H,2-3,5-6H2,1H3,(H,16,17). The molecule has 6 nitrogen and oxygen atoms in total. The summed E-state index contributed by atoms with van der Waals surface area (Å²) in [6.07, 6.45) is 0.0870. The Hall–Kier alpha value is -1.56. The summed E-state index contributed by atoms with van der Waals surface area (Å²) in [6.45, 7) is 4.20. The van der Waals surface area contributed by atoms with Crippen LogP contribution >= 0.6 is 0 Å². The number of carbonyl (C=O) groups is 1. The SMILES string of the molecule is Cc1cc(C2(CNC(=O)O)C3CCNCC32)no1. The van der Waals surface area contributed by atoms with Gasteiger partial charge in [0.15, 0.2) is 0 Å². The molecule has 18 heavy (non-hydrogen) atoms. The van der Waals surface area contributed by atoms with Crippen LogP contribution in [-0.4, -0.2) is 36.0 Å². The van der Waals surface area contributed by atoms with E-state index in [9.17, 15) is 4.79 Å². The van der Waals surface area contributed by atoms with Crippen molar-refractivity contribution < 1.29 is 14.4 Å². The molecule has 98 valence electrons. The number of aromatic nitrogens is 1. The third kappa shape index (κ3) is 1.59. The summed E-state index contributed by atoms with van der Waals surface area (Å²) in [5.74, 6) is 1.74. The molecule has 2 fully saturated rings. The van der Waals surface area contributed by atoms with E-state index in [1.54, 1.807) is 0 Å². The van der Waals surface area contributed by atoms with Crippen LogP contribution in [0.15, 0.2) is 10.6 Å². The maximum atomic E-state index is 10.7. The highest BCUT2D eigenvalue weighted by Gasteiger charge is 2.66. The summed E-state index contributed by atoms with van der Waals surface area (Å²) in [5, 5.41) is 18.8. The first kappa shape index (κ1) is 11.5. The number of piperidine rings is 1. The third-order valence-corrected chi connectivity index (χ3v) is 4.33. The molecule has 6 heteroatoms. The number of aryl methyl sites for hydroxylation is 1. The van der Waals surface area contributed by atoms with Crippen molar-refractivity contribution in [1.82, 2.24) is 15.8 Å². The highest BCUT2D eigenvalue weighted by molar-refractivity contribution is 5.65. The van der Waals surface area contributed by atoms with E-state index in [2.05, 4.69) is 15.8 Å². The number of nitrogens with one attached hydrogen (secondary N) is 2. The van der Waals surface area contributed by atoms with Crippen LogP contribution in [0.4, 0.5) is 4.79 Å². The van der Waals surface area contributed by atoms with Crippen LogP contribution in [0.3, 0.4) is 0 Å². The molecule has 1 aliphatic heterocycles. The lowest BCUT2D eigenvalue weighted by atomic mass is 9.96. The van der Waals surface area contributed by atoms with Crippen LogP contribution in [0.2, 0.25) is 0 Å². The van der Waals surface area contributed by atoms with Gasteiger partial charge in [-0.25, -0.2) is 4.79 Å². The van der Waals surface area contributed by atoms with Crippen LogP contribution < -0.4 is 10.6 Å². The van der Waals surface area contributed by atoms with Gasteiger partial charge in [-0.05, 0) is 38.3 Å². The van der Waals surface area contributed by atoms with Gasteiger partial charge in [0.1, 0.15) is 5.76 Å². The molecular formula is C12H17N3O3. The molecule has 1 saturated heterocycles. The number of fused-ring (bicyclic) bond motifs is 1. The molecule has 0 spiro atoms. The van der Waals surface area contributed by atoms with Gasteiger partial charge in [0, 0.05) is 18.0 Å². The maximum absolute atomic E-state index is 10.7. The Kier molecular flexibility index (Phi) is 2.55. The molecule has 2 heterocycles. The monoisotopic (exact) mass is 251 g/mol. The van der Waals surface area contributed by atoms with Crippen molar-refractivity contribution in [2.75, 3.05) is 19.6 Å². The lowest BCUT2D eigenvalue weighted by Crippen LogP contribution is -2.34. The predicted molar refractivity (Wildman–Crippen MR) is 63.4 cm³/mol. The molecule has 3 N–H and O–H groups in total. The van der Waals surface area contributed by atoms with Gasteiger partial charge in [-0.2, -0.15) is 0 Å². The average Bonchev–Trinajstić information content (AvgIpc) is 2.81. The van der Waals surface area contributed by atoms with E-state index in [1.807, 2.05) is 13.0 Å². The Labute approximate surface area is 105 Å². The first-order chi connectivity index (χ1) is 8.64. The molecule has 3 unspecified atom stereocenters. The number of nitrogens with zero attached hydrogens (tertiary/aromatic N) is 1.